The van der Waals surface area contributed by atoms with Crippen molar-refractivity contribution in [1.82, 2.24) is 10.2 Å². The fourth-order valence-electron chi connectivity index (χ4n) is 5.55. The molecule has 1 saturated heterocycles. The van der Waals surface area contributed by atoms with Crippen molar-refractivity contribution in [3.05, 3.63) is 63.6 Å². The maximum absolute atomic E-state index is 12.9. The minimum Gasteiger partial charge on any atom is -0.484 e. The summed E-state index contributed by atoms with van der Waals surface area (Å²) in [6, 6.07) is 13.3. The number of amides is 2. The third-order valence-electron chi connectivity index (χ3n) is 7.52. The second kappa shape index (κ2) is 10.6. The van der Waals surface area contributed by atoms with E-state index in [1.807, 2.05) is 43.3 Å². The second-order valence-corrected chi connectivity index (χ2v) is 11.0. The number of ether oxygens (including phenoxy) is 1. The van der Waals surface area contributed by atoms with Crippen molar-refractivity contribution < 1.29 is 19.4 Å². The van der Waals surface area contributed by atoms with Gasteiger partial charge in [-0.15, -0.1) is 0 Å². The van der Waals surface area contributed by atoms with Crippen LogP contribution in [-0.4, -0.2) is 54.0 Å². The molecule has 5 unspecified atom stereocenters. The summed E-state index contributed by atoms with van der Waals surface area (Å²) >= 11 is 17.7. The monoisotopic (exact) mass is 536 g/mol. The van der Waals surface area contributed by atoms with Gasteiger partial charge in [0.15, 0.2) is 6.61 Å². The Balaban J connectivity index is 1.63. The van der Waals surface area contributed by atoms with Gasteiger partial charge in [0.2, 0.25) is 5.91 Å². The number of carbonyl (C=O) groups excluding carboxylic acids is 2. The molecule has 6 nitrogen and oxygen atoms in total. The van der Waals surface area contributed by atoms with Crippen LogP contribution in [0.25, 0.3) is 0 Å². The average Bonchev–Trinajstić information content (AvgIpc) is 3.06. The SMILES string of the molecule is CN(CCO)C(=O)COc1ccc(C2CCC3(C)C(=O)NC(S)C3C2c2ccc(Cl)cc2)c(Cl)c1. The lowest BCUT2D eigenvalue weighted by atomic mass is 9.57. The number of benzene rings is 2. The molecule has 9 heteroatoms. The first-order valence-corrected chi connectivity index (χ1v) is 12.9. The lowest BCUT2D eigenvalue weighted by molar-refractivity contribution is -0.132. The predicted molar refractivity (Wildman–Crippen MR) is 140 cm³/mol. The summed E-state index contributed by atoms with van der Waals surface area (Å²) < 4.78 is 5.66. The van der Waals surface area contributed by atoms with Gasteiger partial charge >= 0.3 is 0 Å². The Labute approximate surface area is 221 Å². The Morgan fingerprint density at radius 3 is 2.63 bits per heavy atom. The number of likely N-dealkylation sites (N-methyl/N-ethyl adjacent to an activating group) is 1. The zero-order valence-corrected chi connectivity index (χ0v) is 22.1. The van der Waals surface area contributed by atoms with Crippen LogP contribution in [0.3, 0.4) is 0 Å². The van der Waals surface area contributed by atoms with Crippen molar-refractivity contribution in [3.8, 4) is 5.75 Å². The fourth-order valence-corrected chi connectivity index (χ4v) is 6.62. The highest BCUT2D eigenvalue weighted by Gasteiger charge is 2.58. The van der Waals surface area contributed by atoms with Crippen LogP contribution >= 0.6 is 35.8 Å². The van der Waals surface area contributed by atoms with Gasteiger partial charge < -0.3 is 20.1 Å². The van der Waals surface area contributed by atoms with E-state index < -0.39 is 5.41 Å². The van der Waals surface area contributed by atoms with Crippen molar-refractivity contribution in [2.75, 3.05) is 26.8 Å². The standard InChI is InChI=1S/C26H30Cl2N2O4S/c1-26-10-9-19(18-8-7-17(13-20(18)28)34-14-21(32)30(2)11-12-31)22(15-3-5-16(27)6-4-15)23(26)24(35)29-25(26)33/h3-8,13,19,22-24,31,35H,9-12,14H2,1-2H3,(H,29,33). The van der Waals surface area contributed by atoms with Gasteiger partial charge in [-0.3, -0.25) is 9.59 Å². The number of halogens is 2. The first kappa shape index (κ1) is 26.1. The number of thiol groups is 1. The normalized spacial score (nSPS) is 27.8. The number of nitrogens with one attached hydrogen (secondary N) is 1. The van der Waals surface area contributed by atoms with E-state index in [-0.39, 0.29) is 54.7 Å². The predicted octanol–water partition coefficient (Wildman–Crippen LogP) is 4.49. The van der Waals surface area contributed by atoms with Crippen LogP contribution < -0.4 is 10.1 Å². The van der Waals surface area contributed by atoms with Crippen molar-refractivity contribution in [2.24, 2.45) is 11.3 Å². The number of nitrogens with zero attached hydrogens (tertiary/aromatic N) is 1. The van der Waals surface area contributed by atoms with Crippen LogP contribution in [-0.2, 0) is 9.59 Å². The van der Waals surface area contributed by atoms with Gasteiger partial charge in [0, 0.05) is 29.6 Å². The van der Waals surface area contributed by atoms with Crippen LogP contribution in [0.5, 0.6) is 5.75 Å². The summed E-state index contributed by atoms with van der Waals surface area (Å²) in [4.78, 5) is 26.4. The fraction of sp³-hybridized carbons (Fsp3) is 0.462. The van der Waals surface area contributed by atoms with Crippen LogP contribution in [0.4, 0.5) is 0 Å². The molecule has 0 aromatic heterocycles. The summed E-state index contributed by atoms with van der Waals surface area (Å²) in [6.07, 6.45) is 1.52. The largest absolute Gasteiger partial charge is 0.484 e. The Hall–Kier alpha value is -1.93. The summed E-state index contributed by atoms with van der Waals surface area (Å²) in [5.41, 5.74) is 1.56. The third kappa shape index (κ3) is 5.15. The van der Waals surface area contributed by atoms with E-state index in [0.29, 0.717) is 15.8 Å². The average molecular weight is 538 g/mol. The van der Waals surface area contributed by atoms with Crippen molar-refractivity contribution in [1.29, 1.82) is 0 Å². The molecule has 2 fully saturated rings. The number of fused-ring (bicyclic) bond motifs is 1. The molecule has 2 aromatic carbocycles. The summed E-state index contributed by atoms with van der Waals surface area (Å²) in [7, 11) is 1.61. The first-order valence-electron chi connectivity index (χ1n) is 11.7. The topological polar surface area (TPSA) is 78.9 Å². The number of aliphatic hydroxyl groups excluding tert-OH is 1. The van der Waals surface area contributed by atoms with Gasteiger partial charge in [-0.05, 0) is 60.1 Å². The highest BCUT2D eigenvalue weighted by Crippen LogP contribution is 2.59. The zero-order valence-electron chi connectivity index (χ0n) is 19.7. The van der Waals surface area contributed by atoms with Crippen LogP contribution in [0, 0.1) is 11.3 Å². The summed E-state index contributed by atoms with van der Waals surface area (Å²) in [5, 5.41) is 13.0. The minimum absolute atomic E-state index is 0.00504. The van der Waals surface area contributed by atoms with Gasteiger partial charge in [-0.1, -0.05) is 48.3 Å². The van der Waals surface area contributed by atoms with Gasteiger partial charge in [-0.25, -0.2) is 0 Å². The maximum atomic E-state index is 12.9. The molecule has 2 aromatic rings. The Kier molecular flexibility index (Phi) is 7.91. The molecular weight excluding hydrogens is 507 g/mol. The minimum atomic E-state index is -0.510. The Bertz CT molecular complexity index is 1100. The van der Waals surface area contributed by atoms with E-state index in [9.17, 15) is 9.59 Å². The molecule has 1 saturated carbocycles. The Morgan fingerprint density at radius 2 is 1.97 bits per heavy atom. The highest BCUT2D eigenvalue weighted by molar-refractivity contribution is 7.81. The molecule has 188 valence electrons. The highest BCUT2D eigenvalue weighted by atomic mass is 35.5. The van der Waals surface area contributed by atoms with Gasteiger partial charge in [0.1, 0.15) is 5.75 Å². The number of carbonyl (C=O) groups is 2. The van der Waals surface area contributed by atoms with Crippen LogP contribution in [0.2, 0.25) is 10.0 Å². The lowest BCUT2D eigenvalue weighted by Crippen LogP contribution is -2.41. The molecule has 0 radical (unpaired) electrons. The van der Waals surface area contributed by atoms with Crippen molar-refractivity contribution in [3.63, 3.8) is 0 Å². The summed E-state index contributed by atoms with van der Waals surface area (Å²) in [5.74, 6) is 0.362. The van der Waals surface area contributed by atoms with Gasteiger partial charge in [0.05, 0.1) is 17.4 Å². The van der Waals surface area contributed by atoms with Gasteiger partial charge in [0.25, 0.3) is 5.91 Å². The quantitative estimate of drug-likeness (QED) is 0.455. The molecular formula is C26H30Cl2N2O4S. The number of rotatable bonds is 7. The molecule has 35 heavy (non-hydrogen) atoms. The molecule has 0 bridgehead atoms. The molecule has 2 amide bonds. The van der Waals surface area contributed by atoms with Crippen molar-refractivity contribution in [2.45, 2.75) is 37.0 Å². The first-order chi connectivity index (χ1) is 16.7. The van der Waals surface area contributed by atoms with E-state index in [1.54, 1.807) is 13.1 Å². The molecule has 1 aliphatic heterocycles. The molecule has 5 atom stereocenters. The molecule has 1 aliphatic carbocycles. The van der Waals surface area contributed by atoms with Crippen LogP contribution in [0.15, 0.2) is 42.5 Å². The number of hydrogen-bond donors (Lipinski definition) is 3. The van der Waals surface area contributed by atoms with E-state index in [2.05, 4.69) is 5.32 Å². The van der Waals surface area contributed by atoms with E-state index in [0.717, 1.165) is 24.0 Å². The zero-order chi connectivity index (χ0) is 25.3. The molecule has 4 rings (SSSR count). The molecule has 2 aliphatic rings. The number of hydrogen-bond acceptors (Lipinski definition) is 5. The van der Waals surface area contributed by atoms with Crippen LogP contribution in [0.1, 0.15) is 42.7 Å². The molecule has 2 N–H and O–H groups in total. The van der Waals surface area contributed by atoms with E-state index in [1.165, 1.54) is 4.90 Å². The summed E-state index contributed by atoms with van der Waals surface area (Å²) in [6.45, 7) is 2.04. The lowest BCUT2D eigenvalue weighted by Gasteiger charge is -2.46. The van der Waals surface area contributed by atoms with Crippen molar-refractivity contribution >= 4 is 47.6 Å². The third-order valence-corrected chi connectivity index (χ3v) is 8.55. The molecule has 0 spiro atoms. The van der Waals surface area contributed by atoms with E-state index >= 15 is 0 Å². The van der Waals surface area contributed by atoms with E-state index in [4.69, 9.17) is 45.7 Å². The second-order valence-electron chi connectivity index (χ2n) is 9.59. The Morgan fingerprint density at radius 1 is 1.26 bits per heavy atom. The number of aliphatic hydroxyl groups is 1. The molecule has 1 heterocycles. The smallest absolute Gasteiger partial charge is 0.260 e. The van der Waals surface area contributed by atoms with Gasteiger partial charge in [-0.2, -0.15) is 12.6 Å². The maximum Gasteiger partial charge on any atom is 0.260 e.